The Hall–Kier alpha value is -12.9. The molecule has 0 atom stereocenters. The molecule has 0 saturated heterocycles. The fraction of sp³-hybridized carbons (Fsp3) is 0. The number of para-hydroxylation sites is 6. The van der Waals surface area contributed by atoms with E-state index in [1.54, 1.807) is 0 Å². The molecule has 0 N–H and O–H groups in total. The lowest BCUT2D eigenvalue weighted by atomic mass is 9.96. The minimum absolute atomic E-state index is 0.504. The summed E-state index contributed by atoms with van der Waals surface area (Å²) < 4.78 is 18.1. The van der Waals surface area contributed by atoms with Crippen LogP contribution in [0.4, 0.5) is 0 Å². The van der Waals surface area contributed by atoms with E-state index in [0.717, 1.165) is 138 Å². The fourth-order valence-electron chi connectivity index (χ4n) is 13.9. The van der Waals surface area contributed by atoms with Crippen LogP contribution in [0, 0.1) is 0 Å². The molecule has 0 amide bonds. The number of hydrogen-bond donors (Lipinski definition) is 0. The first-order valence-corrected chi connectivity index (χ1v) is 31.4. The fourth-order valence-corrected chi connectivity index (χ4v) is 13.9. The summed E-state index contributed by atoms with van der Waals surface area (Å²) in [6.07, 6.45) is 0. The maximum atomic E-state index is 6.90. The summed E-state index contributed by atoms with van der Waals surface area (Å²) in [4.78, 5) is 31.7. The predicted octanol–water partition coefficient (Wildman–Crippen LogP) is 21.4. The highest BCUT2D eigenvalue weighted by molar-refractivity contribution is 6.17. The van der Waals surface area contributed by atoms with Gasteiger partial charge in [-0.1, -0.05) is 255 Å². The summed E-state index contributed by atoms with van der Waals surface area (Å²) >= 11 is 0. The van der Waals surface area contributed by atoms with Crippen molar-refractivity contribution in [2.24, 2.45) is 0 Å². The van der Waals surface area contributed by atoms with Crippen LogP contribution in [0.5, 0.6) is 0 Å². The lowest BCUT2D eigenvalue weighted by Gasteiger charge is -2.12. The van der Waals surface area contributed by atoms with E-state index in [4.69, 9.17) is 38.7 Å². The molecule has 0 radical (unpaired) electrons. The Morgan fingerprint density at radius 2 is 0.489 bits per heavy atom. The van der Waals surface area contributed by atoms with Crippen molar-refractivity contribution in [2.75, 3.05) is 0 Å². The molecule has 10 nitrogen and oxygen atoms in total. The minimum atomic E-state index is 0.504. The molecule has 6 heterocycles. The van der Waals surface area contributed by atoms with Crippen molar-refractivity contribution < 1.29 is 8.83 Å². The van der Waals surface area contributed by atoms with Crippen LogP contribution in [0.1, 0.15) is 0 Å². The molecule has 0 spiro atoms. The van der Waals surface area contributed by atoms with Crippen molar-refractivity contribution in [2.45, 2.75) is 0 Å². The molecule has 0 aliphatic heterocycles. The largest absolute Gasteiger partial charge is 0.455 e. The number of furan rings is 2. The van der Waals surface area contributed by atoms with Gasteiger partial charge in [0.1, 0.15) is 22.3 Å². The van der Waals surface area contributed by atoms with Gasteiger partial charge in [-0.3, -0.25) is 9.13 Å². The molecule has 10 heteroatoms. The Morgan fingerprint density at radius 3 is 0.894 bits per heavy atom. The summed E-state index contributed by atoms with van der Waals surface area (Å²) in [5.41, 5.74) is 19.0. The van der Waals surface area contributed by atoms with Crippen LogP contribution < -0.4 is 0 Å². The highest BCUT2D eigenvalue weighted by atomic mass is 16.3. The van der Waals surface area contributed by atoms with Crippen LogP contribution in [0.15, 0.2) is 312 Å². The first-order chi connectivity index (χ1) is 46.6. The average molecular weight is 1200 g/mol. The first kappa shape index (κ1) is 53.0. The van der Waals surface area contributed by atoms with Gasteiger partial charge in [-0.15, -0.1) is 0 Å². The van der Waals surface area contributed by atoms with E-state index in [1.807, 2.05) is 54.6 Å². The smallest absolute Gasteiger partial charge is 0.238 e. The molecule has 0 bridgehead atoms. The van der Waals surface area contributed by atoms with Crippen molar-refractivity contribution in [1.29, 1.82) is 0 Å². The predicted molar refractivity (Wildman–Crippen MR) is 380 cm³/mol. The van der Waals surface area contributed by atoms with Crippen LogP contribution in [-0.4, -0.2) is 39.0 Å². The van der Waals surface area contributed by atoms with Gasteiger partial charge in [0.05, 0.1) is 33.2 Å². The maximum Gasteiger partial charge on any atom is 0.238 e. The summed E-state index contributed by atoms with van der Waals surface area (Å²) in [7, 11) is 0. The molecule has 13 aromatic carbocycles. The number of aromatic nitrogens is 8. The molecule has 0 aliphatic carbocycles. The number of hydrogen-bond acceptors (Lipinski definition) is 8. The van der Waals surface area contributed by atoms with E-state index < -0.39 is 0 Å². The van der Waals surface area contributed by atoms with Crippen molar-refractivity contribution in [3.63, 3.8) is 0 Å². The van der Waals surface area contributed by atoms with E-state index in [2.05, 4.69) is 258 Å². The summed E-state index contributed by atoms with van der Waals surface area (Å²) in [5.74, 6) is 3.16. The van der Waals surface area contributed by atoms with E-state index in [-0.39, 0.29) is 0 Å². The lowest BCUT2D eigenvalue weighted by Crippen LogP contribution is -2.06. The molecule has 0 saturated carbocycles. The quantitative estimate of drug-likeness (QED) is 0.133. The van der Waals surface area contributed by atoms with E-state index >= 15 is 0 Å². The van der Waals surface area contributed by atoms with Crippen molar-refractivity contribution >= 4 is 87.5 Å². The van der Waals surface area contributed by atoms with Gasteiger partial charge in [0.2, 0.25) is 11.9 Å². The Balaban J connectivity index is 0.686. The lowest BCUT2D eigenvalue weighted by molar-refractivity contribution is 0.669. The van der Waals surface area contributed by atoms with Gasteiger partial charge in [0.25, 0.3) is 0 Å². The van der Waals surface area contributed by atoms with Crippen LogP contribution in [0.3, 0.4) is 0 Å². The highest BCUT2D eigenvalue weighted by Crippen LogP contribution is 2.44. The van der Waals surface area contributed by atoms with Gasteiger partial charge in [-0.05, 0) is 93.0 Å². The Morgan fingerprint density at radius 1 is 0.202 bits per heavy atom. The zero-order valence-corrected chi connectivity index (χ0v) is 50.3. The topological polar surface area (TPSA) is 113 Å². The van der Waals surface area contributed by atoms with Crippen molar-refractivity contribution in [3.8, 4) is 102 Å². The number of nitrogens with zero attached hydrogens (tertiary/aromatic N) is 8. The summed E-state index contributed by atoms with van der Waals surface area (Å²) in [6, 6.07) is 105. The van der Waals surface area contributed by atoms with Gasteiger partial charge in [0, 0.05) is 54.2 Å². The normalized spacial score (nSPS) is 11.8. The molecule has 0 aliphatic rings. The summed E-state index contributed by atoms with van der Waals surface area (Å²) in [5, 5.41) is 8.48. The number of benzene rings is 13. The second-order valence-electron chi connectivity index (χ2n) is 23.7. The zero-order valence-electron chi connectivity index (χ0n) is 50.3. The molecule has 0 fully saturated rings. The third kappa shape index (κ3) is 8.58. The van der Waals surface area contributed by atoms with Crippen LogP contribution in [0.2, 0.25) is 0 Å². The van der Waals surface area contributed by atoms with Crippen LogP contribution >= 0.6 is 0 Å². The zero-order chi connectivity index (χ0) is 61.8. The highest BCUT2D eigenvalue weighted by Gasteiger charge is 2.25. The molecular weight excluding hydrogens is 1150 g/mol. The van der Waals surface area contributed by atoms with Crippen LogP contribution in [0.25, 0.3) is 189 Å². The van der Waals surface area contributed by atoms with E-state index in [9.17, 15) is 0 Å². The molecule has 0 unspecified atom stereocenters. The van der Waals surface area contributed by atoms with Gasteiger partial charge in [0.15, 0.2) is 23.3 Å². The first-order valence-electron chi connectivity index (χ1n) is 31.4. The Kier molecular flexibility index (Phi) is 12.0. The average Bonchev–Trinajstić information content (AvgIpc) is 1.59. The number of fused-ring (bicyclic) bond motifs is 12. The monoisotopic (exact) mass is 1200 g/mol. The Labute approximate surface area is 537 Å². The molecule has 94 heavy (non-hydrogen) atoms. The van der Waals surface area contributed by atoms with Crippen molar-refractivity contribution in [1.82, 2.24) is 39.0 Å². The van der Waals surface area contributed by atoms with Crippen molar-refractivity contribution in [3.05, 3.63) is 303 Å². The maximum absolute atomic E-state index is 6.90. The third-order valence-corrected chi connectivity index (χ3v) is 18.3. The molecule has 438 valence electrons. The van der Waals surface area contributed by atoms with Gasteiger partial charge in [-0.25, -0.2) is 9.97 Å². The van der Waals surface area contributed by atoms with E-state index in [1.165, 1.54) is 5.56 Å². The molecule has 19 aromatic rings. The van der Waals surface area contributed by atoms with E-state index in [0.29, 0.717) is 46.4 Å². The van der Waals surface area contributed by atoms with Crippen LogP contribution in [-0.2, 0) is 0 Å². The molecule has 19 rings (SSSR count). The number of rotatable bonds is 10. The van der Waals surface area contributed by atoms with Gasteiger partial charge >= 0.3 is 0 Å². The third-order valence-electron chi connectivity index (χ3n) is 18.3. The SMILES string of the molecule is c1ccc(-c2ccc(-c3cccc4oc5c(-c6nc(-c7ccc(-c8ccc(-c9cccc%10oc%11c(-c%12nc(-c%13ccccc%13)nc(-n%13c%14ccccc%14c%14ccccc%14%13)n%12)cccc%11c9%10)cc8)cc7)nc(-n7c8ccccc8c8ccccc87)n6)cccc5c34)cc2)cc1. The Bertz CT molecular complexity index is 6100. The standard InChI is InChI=1S/C84H50N8O2/c1-3-19-51(20-4-1)52-39-45-55(46-40-52)59-27-17-37-73-75(59)66-30-16-32-68(78(66)94-73)82-86-80(88-84(90-82)92-71-35-13-9-25-63(71)64-26-10-14-36-72(64)92)58-49-43-54(44-50-58)53-41-47-56(48-42-53)60-28-18-38-74-76(60)65-29-15-31-67(77(65)93-74)81-85-79(57-21-5-2-6-22-57)87-83(89-81)91-69-33-11-7-23-61(69)62-24-8-12-34-70(62)91/h1-50H. The van der Waals surface area contributed by atoms with Gasteiger partial charge in [-0.2, -0.15) is 19.9 Å². The summed E-state index contributed by atoms with van der Waals surface area (Å²) in [6.45, 7) is 0. The van der Waals surface area contributed by atoms with Gasteiger partial charge < -0.3 is 8.83 Å². The minimum Gasteiger partial charge on any atom is -0.455 e. The second kappa shape index (κ2) is 21.4. The second-order valence-corrected chi connectivity index (χ2v) is 23.7. The molecule has 6 aromatic heterocycles. The molecular formula is C84H50N8O2.